The van der Waals surface area contributed by atoms with E-state index >= 15 is 0 Å². The quantitative estimate of drug-likeness (QED) is 0.508. The number of carbonyl (C=O) groups is 1. The van der Waals surface area contributed by atoms with Crippen molar-refractivity contribution in [1.82, 2.24) is 10.4 Å². The summed E-state index contributed by atoms with van der Waals surface area (Å²) < 4.78 is 0. The molecule has 2 rings (SSSR count). The van der Waals surface area contributed by atoms with Crippen molar-refractivity contribution in [3.05, 3.63) is 62.9 Å². The normalized spacial score (nSPS) is 10.6. The van der Waals surface area contributed by atoms with Crippen LogP contribution in [0.1, 0.15) is 15.9 Å². The van der Waals surface area contributed by atoms with Crippen molar-refractivity contribution in [3.8, 4) is 5.75 Å². The molecule has 112 valence electrons. The van der Waals surface area contributed by atoms with Crippen molar-refractivity contribution in [2.24, 2.45) is 5.10 Å². The summed E-state index contributed by atoms with van der Waals surface area (Å²) in [5.41, 5.74) is 1.96. The van der Waals surface area contributed by atoms with E-state index < -0.39 is 22.3 Å². The number of pyridine rings is 1. The molecule has 0 aliphatic rings. The summed E-state index contributed by atoms with van der Waals surface area (Å²) in [5, 5.41) is 24.2. The van der Waals surface area contributed by atoms with Crippen LogP contribution in [-0.2, 0) is 0 Å². The van der Waals surface area contributed by atoms with Crippen molar-refractivity contribution in [3.63, 3.8) is 0 Å². The number of nitrogens with zero attached hydrogens (tertiary/aromatic N) is 3. The highest BCUT2D eigenvalue weighted by Crippen LogP contribution is 2.32. The number of nitro benzene ring substituents is 1. The van der Waals surface area contributed by atoms with Crippen LogP contribution >= 0.6 is 11.6 Å². The summed E-state index contributed by atoms with van der Waals surface area (Å²) in [6.07, 6.45) is 3.93. The molecule has 9 heteroatoms. The number of carbonyl (C=O) groups excluding carboxylic acids is 1. The fourth-order valence-corrected chi connectivity index (χ4v) is 1.79. The van der Waals surface area contributed by atoms with Crippen LogP contribution in [0.5, 0.6) is 5.75 Å². The number of amides is 1. The molecule has 1 amide bonds. The number of phenols is 1. The van der Waals surface area contributed by atoms with Gasteiger partial charge < -0.3 is 5.11 Å². The number of nitro groups is 1. The van der Waals surface area contributed by atoms with Crippen molar-refractivity contribution in [2.75, 3.05) is 0 Å². The summed E-state index contributed by atoms with van der Waals surface area (Å²) >= 11 is 5.73. The lowest BCUT2D eigenvalue weighted by atomic mass is 10.2. The number of aromatic hydroxyl groups is 1. The fourth-order valence-electron chi connectivity index (χ4n) is 1.57. The Morgan fingerprint density at radius 1 is 1.50 bits per heavy atom. The SMILES string of the molecule is O=C(NN=Cc1cc(Cl)cc([N+](=O)[O-])c1O)c1cccnc1. The van der Waals surface area contributed by atoms with Gasteiger partial charge in [-0.15, -0.1) is 0 Å². The Hall–Kier alpha value is -3.00. The molecule has 1 heterocycles. The van der Waals surface area contributed by atoms with Gasteiger partial charge in [-0.2, -0.15) is 5.10 Å². The maximum Gasteiger partial charge on any atom is 0.312 e. The molecule has 0 spiro atoms. The third kappa shape index (κ3) is 3.55. The number of halogens is 1. The third-order valence-corrected chi connectivity index (χ3v) is 2.79. The van der Waals surface area contributed by atoms with Crippen LogP contribution in [-0.4, -0.2) is 27.1 Å². The Morgan fingerprint density at radius 3 is 2.91 bits per heavy atom. The molecule has 0 saturated carbocycles. The first-order chi connectivity index (χ1) is 10.5. The molecule has 0 atom stereocenters. The highest BCUT2D eigenvalue weighted by Gasteiger charge is 2.17. The number of hydrogen-bond acceptors (Lipinski definition) is 6. The zero-order valence-corrected chi connectivity index (χ0v) is 11.7. The van der Waals surface area contributed by atoms with Crippen molar-refractivity contribution in [2.45, 2.75) is 0 Å². The molecule has 2 aromatic rings. The number of nitrogens with one attached hydrogen (secondary N) is 1. The van der Waals surface area contributed by atoms with Gasteiger partial charge in [0.25, 0.3) is 5.91 Å². The molecule has 0 bridgehead atoms. The number of hydrazone groups is 1. The number of aromatic nitrogens is 1. The van der Waals surface area contributed by atoms with E-state index in [1.165, 1.54) is 18.5 Å². The van der Waals surface area contributed by atoms with Gasteiger partial charge in [0.15, 0.2) is 0 Å². The Bertz CT molecular complexity index is 749. The van der Waals surface area contributed by atoms with Gasteiger partial charge in [0.05, 0.1) is 16.7 Å². The Morgan fingerprint density at radius 2 is 2.27 bits per heavy atom. The van der Waals surface area contributed by atoms with Gasteiger partial charge in [-0.05, 0) is 18.2 Å². The van der Waals surface area contributed by atoms with Gasteiger partial charge in [-0.25, -0.2) is 5.43 Å². The van der Waals surface area contributed by atoms with Crippen LogP contribution in [0.25, 0.3) is 0 Å². The monoisotopic (exact) mass is 320 g/mol. The number of rotatable bonds is 4. The van der Waals surface area contributed by atoms with Crippen molar-refractivity contribution >= 4 is 29.4 Å². The van der Waals surface area contributed by atoms with E-state index in [1.807, 2.05) is 0 Å². The molecule has 2 N–H and O–H groups in total. The zero-order valence-electron chi connectivity index (χ0n) is 10.9. The van der Waals surface area contributed by atoms with Crippen LogP contribution < -0.4 is 5.43 Å². The van der Waals surface area contributed by atoms with Crippen LogP contribution in [0, 0.1) is 10.1 Å². The van der Waals surface area contributed by atoms with Crippen LogP contribution in [0.3, 0.4) is 0 Å². The number of hydrogen-bond donors (Lipinski definition) is 2. The first-order valence-electron chi connectivity index (χ1n) is 5.89. The maximum atomic E-state index is 11.7. The topological polar surface area (TPSA) is 118 Å². The molecule has 0 aliphatic heterocycles. The lowest BCUT2D eigenvalue weighted by molar-refractivity contribution is -0.385. The lowest BCUT2D eigenvalue weighted by Gasteiger charge is -2.02. The van der Waals surface area contributed by atoms with E-state index in [-0.39, 0.29) is 10.6 Å². The minimum absolute atomic E-state index is 0.00527. The second-order valence-electron chi connectivity index (χ2n) is 4.06. The molecule has 0 aliphatic carbocycles. The minimum atomic E-state index is -0.771. The smallest absolute Gasteiger partial charge is 0.312 e. The largest absolute Gasteiger partial charge is 0.502 e. The maximum absolute atomic E-state index is 11.7. The van der Waals surface area contributed by atoms with Crippen LogP contribution in [0.15, 0.2) is 41.8 Å². The van der Waals surface area contributed by atoms with E-state index in [0.717, 1.165) is 12.3 Å². The first kappa shape index (κ1) is 15.4. The number of benzene rings is 1. The predicted molar refractivity (Wildman–Crippen MR) is 79.1 cm³/mol. The Labute approximate surface area is 129 Å². The van der Waals surface area contributed by atoms with Crippen molar-refractivity contribution < 1.29 is 14.8 Å². The van der Waals surface area contributed by atoms with Crippen LogP contribution in [0.2, 0.25) is 5.02 Å². The summed E-state index contributed by atoms with van der Waals surface area (Å²) in [7, 11) is 0. The van der Waals surface area contributed by atoms with E-state index in [1.54, 1.807) is 12.1 Å². The van der Waals surface area contributed by atoms with Gasteiger partial charge in [-0.1, -0.05) is 11.6 Å². The predicted octanol–water partition coefficient (Wildman–Crippen LogP) is 2.11. The average molecular weight is 321 g/mol. The molecule has 1 aromatic carbocycles. The first-order valence-corrected chi connectivity index (χ1v) is 6.27. The molecule has 22 heavy (non-hydrogen) atoms. The molecule has 0 unspecified atom stereocenters. The van der Waals surface area contributed by atoms with E-state index in [2.05, 4.69) is 15.5 Å². The zero-order chi connectivity index (χ0) is 16.1. The molecule has 0 saturated heterocycles. The van der Waals surface area contributed by atoms with E-state index in [9.17, 15) is 20.0 Å². The average Bonchev–Trinajstić information content (AvgIpc) is 2.50. The highest BCUT2D eigenvalue weighted by atomic mass is 35.5. The number of phenolic OH excluding ortho intramolecular Hbond substituents is 1. The summed E-state index contributed by atoms with van der Waals surface area (Å²) in [5.74, 6) is -1.10. The third-order valence-electron chi connectivity index (χ3n) is 2.57. The molecule has 0 fully saturated rings. The summed E-state index contributed by atoms with van der Waals surface area (Å²) in [6.45, 7) is 0. The molecular weight excluding hydrogens is 312 g/mol. The van der Waals surface area contributed by atoms with E-state index in [0.29, 0.717) is 5.56 Å². The molecule has 1 aromatic heterocycles. The van der Waals surface area contributed by atoms with Gasteiger partial charge in [0, 0.05) is 29.0 Å². The van der Waals surface area contributed by atoms with Gasteiger partial charge in [0.1, 0.15) is 0 Å². The lowest BCUT2D eigenvalue weighted by Crippen LogP contribution is -2.17. The standard InChI is InChI=1S/C13H9ClN4O4/c14-10-4-9(12(19)11(5-10)18(21)22)7-16-17-13(20)8-2-1-3-15-6-8/h1-7,19H,(H,17,20). The van der Waals surface area contributed by atoms with Crippen LogP contribution in [0.4, 0.5) is 5.69 Å². The summed E-state index contributed by atoms with van der Waals surface area (Å²) in [6, 6.07) is 5.43. The second-order valence-corrected chi connectivity index (χ2v) is 4.50. The van der Waals surface area contributed by atoms with Gasteiger partial charge >= 0.3 is 5.69 Å². The highest BCUT2D eigenvalue weighted by molar-refractivity contribution is 6.31. The molecule has 0 radical (unpaired) electrons. The minimum Gasteiger partial charge on any atom is -0.502 e. The van der Waals surface area contributed by atoms with Crippen molar-refractivity contribution in [1.29, 1.82) is 0 Å². The fraction of sp³-hybridized carbons (Fsp3) is 0. The molecular formula is C13H9ClN4O4. The second kappa shape index (κ2) is 6.64. The van der Waals surface area contributed by atoms with Gasteiger partial charge in [0.2, 0.25) is 5.75 Å². The molecule has 8 nitrogen and oxygen atoms in total. The Balaban J connectivity index is 2.17. The summed E-state index contributed by atoms with van der Waals surface area (Å²) in [4.78, 5) is 25.5. The van der Waals surface area contributed by atoms with E-state index in [4.69, 9.17) is 11.6 Å². The van der Waals surface area contributed by atoms with Gasteiger partial charge in [-0.3, -0.25) is 19.9 Å². The Kier molecular flexibility index (Phi) is 4.64.